The Hall–Kier alpha value is -4.28. The Kier molecular flexibility index (Phi) is 8.29. The molecule has 0 aliphatic carbocycles. The number of nitrogens with zero attached hydrogens (tertiary/aromatic N) is 3. The van der Waals surface area contributed by atoms with E-state index in [4.69, 9.17) is 28.6 Å². The van der Waals surface area contributed by atoms with Gasteiger partial charge in [-0.1, -0.05) is 35.3 Å². The molecule has 2 atom stereocenters. The first kappa shape index (κ1) is 29.2. The van der Waals surface area contributed by atoms with E-state index in [1.807, 2.05) is 19.1 Å². The molecule has 0 bridgehead atoms. The molecule has 0 spiro atoms. The van der Waals surface area contributed by atoms with Crippen molar-refractivity contribution in [3.05, 3.63) is 76.0 Å². The summed E-state index contributed by atoms with van der Waals surface area (Å²) in [7, 11) is 0. The normalized spacial score (nSPS) is 17.1. The number of benzene rings is 2. The van der Waals surface area contributed by atoms with Crippen molar-refractivity contribution in [1.29, 1.82) is 5.41 Å². The van der Waals surface area contributed by atoms with E-state index in [1.165, 1.54) is 24.2 Å². The topological polar surface area (TPSA) is 124 Å². The zero-order valence-electron chi connectivity index (χ0n) is 22.7. The average Bonchev–Trinajstić information content (AvgIpc) is 3.67. The molecule has 0 unspecified atom stereocenters. The van der Waals surface area contributed by atoms with Gasteiger partial charge in [0.05, 0.1) is 17.3 Å². The van der Waals surface area contributed by atoms with Gasteiger partial charge in [0.2, 0.25) is 11.8 Å². The van der Waals surface area contributed by atoms with Crippen LogP contribution in [0.25, 0.3) is 27.7 Å². The second-order valence-electron chi connectivity index (χ2n) is 10.0. The lowest BCUT2D eigenvalue weighted by atomic mass is 10.0. The largest absolute Gasteiger partial charge is 0.337 e. The lowest BCUT2D eigenvalue weighted by molar-refractivity contribution is -0.137. The lowest BCUT2D eigenvalue weighted by Crippen LogP contribution is -2.44. The summed E-state index contributed by atoms with van der Waals surface area (Å²) < 4.78 is 16.3. The number of amides is 2. The number of fused-ring (bicyclic) bond motifs is 1. The molecule has 0 radical (unpaired) electrons. The molecule has 5 rings (SSSR count). The van der Waals surface area contributed by atoms with Gasteiger partial charge in [-0.25, -0.2) is 4.39 Å². The van der Waals surface area contributed by atoms with Crippen molar-refractivity contribution >= 4 is 69.2 Å². The Balaban J connectivity index is 1.39. The number of carbonyl (C=O) groups is 3. The van der Waals surface area contributed by atoms with Crippen LogP contribution in [0.3, 0.4) is 0 Å². The molecule has 42 heavy (non-hydrogen) atoms. The number of alkyl halides is 1. The van der Waals surface area contributed by atoms with Gasteiger partial charge >= 0.3 is 0 Å². The number of hydrogen-bond acceptors (Lipinski definition) is 5. The molecule has 3 N–H and O–H groups in total. The second kappa shape index (κ2) is 11.9. The zero-order chi connectivity index (χ0) is 30.1. The number of Topliss-reactive ketones (excluding diaryl/α,β-unsaturated/α-hetero) is 1. The van der Waals surface area contributed by atoms with Crippen molar-refractivity contribution in [2.24, 2.45) is 0 Å². The molecule has 1 saturated heterocycles. The van der Waals surface area contributed by atoms with Gasteiger partial charge in [0.15, 0.2) is 5.78 Å². The van der Waals surface area contributed by atoms with Gasteiger partial charge in [0.1, 0.15) is 24.5 Å². The molecule has 3 heterocycles. The van der Waals surface area contributed by atoms with Crippen LogP contribution in [0.5, 0.6) is 0 Å². The molecule has 1 aliphatic rings. The molecule has 4 aromatic rings. The maximum absolute atomic E-state index is 14.6. The summed E-state index contributed by atoms with van der Waals surface area (Å²) >= 11 is 12.3. The van der Waals surface area contributed by atoms with E-state index in [0.717, 1.165) is 5.56 Å². The monoisotopic (exact) mass is 608 g/mol. The molecule has 1 fully saturated rings. The average molecular weight is 609 g/mol. The van der Waals surface area contributed by atoms with Crippen molar-refractivity contribution in [2.45, 2.75) is 39.0 Å². The summed E-state index contributed by atoms with van der Waals surface area (Å²) in [5.74, 6) is -1.21. The van der Waals surface area contributed by atoms with Crippen LogP contribution in [-0.4, -0.2) is 62.2 Å². The fourth-order valence-electron chi connectivity index (χ4n) is 5.25. The Morgan fingerprint density at radius 3 is 2.69 bits per heavy atom. The summed E-state index contributed by atoms with van der Waals surface area (Å²) in [6, 6.07) is 9.22. The van der Waals surface area contributed by atoms with Crippen molar-refractivity contribution in [3.8, 4) is 11.3 Å². The van der Waals surface area contributed by atoms with E-state index in [2.05, 4.69) is 15.5 Å². The molecule has 2 aromatic heterocycles. The van der Waals surface area contributed by atoms with Crippen LogP contribution >= 0.6 is 23.2 Å². The maximum Gasteiger partial charge on any atom is 0.247 e. The van der Waals surface area contributed by atoms with Crippen LogP contribution in [0.2, 0.25) is 10.0 Å². The van der Waals surface area contributed by atoms with Gasteiger partial charge in [0, 0.05) is 52.1 Å². The van der Waals surface area contributed by atoms with Gasteiger partial charge in [-0.2, -0.15) is 5.10 Å². The number of aromatic nitrogens is 3. The van der Waals surface area contributed by atoms with Gasteiger partial charge in [-0.05, 0) is 55.3 Å². The number of ketones is 1. The van der Waals surface area contributed by atoms with Gasteiger partial charge in [0.25, 0.3) is 0 Å². The van der Waals surface area contributed by atoms with E-state index in [1.54, 1.807) is 41.1 Å². The number of rotatable bonds is 8. The molecular weight excluding hydrogens is 582 g/mol. The second-order valence-corrected chi connectivity index (χ2v) is 10.8. The first-order chi connectivity index (χ1) is 20.1. The zero-order valence-corrected chi connectivity index (χ0v) is 24.3. The van der Waals surface area contributed by atoms with Crippen LogP contribution in [0.15, 0.2) is 54.9 Å². The number of halogens is 3. The van der Waals surface area contributed by atoms with Crippen molar-refractivity contribution in [1.82, 2.24) is 19.7 Å². The quantitative estimate of drug-likeness (QED) is 0.163. The van der Waals surface area contributed by atoms with Crippen LogP contribution < -0.4 is 5.32 Å². The summed E-state index contributed by atoms with van der Waals surface area (Å²) in [5.41, 5.74) is 3.74. The third kappa shape index (κ3) is 5.60. The molecular formula is C30H27Cl2FN6O3. The minimum Gasteiger partial charge on any atom is -0.337 e. The standard InChI is InChI=1S/C30H27Cl2FN6O3/c1-3-17(11-34)18-4-7-26-22(8-18)23(16(2)40)14-38(26)15-28(41)39-13-20(33)10-27(39)30(42)36-25-12-35-37-29(25)21-6-5-19(31)9-24(21)32/h3-9,11-12,14,20,27,34H,10,13,15H2,1-2H3,(H,35,37)(H,36,42)/b17-3+,34-11?/t20-,27+/m1/s1. The molecule has 9 nitrogen and oxygen atoms in total. The Labute approximate surface area is 250 Å². The number of allylic oxidation sites excluding steroid dienone is 2. The predicted molar refractivity (Wildman–Crippen MR) is 162 cm³/mol. The molecule has 12 heteroatoms. The van der Waals surface area contributed by atoms with E-state index in [0.29, 0.717) is 49.0 Å². The molecule has 216 valence electrons. The Morgan fingerprint density at radius 1 is 1.21 bits per heavy atom. The van der Waals surface area contributed by atoms with E-state index in [-0.39, 0.29) is 25.3 Å². The Morgan fingerprint density at radius 2 is 2.00 bits per heavy atom. The lowest BCUT2D eigenvalue weighted by Gasteiger charge is -2.24. The highest BCUT2D eigenvalue weighted by Crippen LogP contribution is 2.34. The van der Waals surface area contributed by atoms with E-state index < -0.39 is 24.0 Å². The highest BCUT2D eigenvalue weighted by Gasteiger charge is 2.40. The number of hydrogen-bond donors (Lipinski definition) is 3. The summed E-state index contributed by atoms with van der Waals surface area (Å²) in [6.45, 7) is 2.83. The smallest absolute Gasteiger partial charge is 0.247 e. The highest BCUT2D eigenvalue weighted by molar-refractivity contribution is 6.36. The van der Waals surface area contributed by atoms with Crippen molar-refractivity contribution in [2.75, 3.05) is 11.9 Å². The fraction of sp³-hybridized carbons (Fsp3) is 0.233. The van der Waals surface area contributed by atoms with E-state index in [9.17, 15) is 18.8 Å². The number of likely N-dealkylation sites (tertiary alicyclic amines) is 1. The SMILES string of the molecule is C/C=C(\C=N)c1ccc2c(c1)c(C(C)=O)cn2CC(=O)N1C[C@H](F)C[C@H]1C(=O)Nc1c[nH]nc1-c1ccc(Cl)cc1Cl. The van der Waals surface area contributed by atoms with Crippen LogP contribution in [0, 0.1) is 5.41 Å². The predicted octanol–water partition coefficient (Wildman–Crippen LogP) is 6.17. The van der Waals surface area contributed by atoms with Gasteiger partial charge in [-0.3, -0.25) is 19.5 Å². The number of nitrogens with one attached hydrogen (secondary N) is 3. The van der Waals surface area contributed by atoms with Crippen LogP contribution in [0.1, 0.15) is 36.2 Å². The molecule has 1 aliphatic heterocycles. The van der Waals surface area contributed by atoms with Crippen molar-refractivity contribution in [3.63, 3.8) is 0 Å². The minimum absolute atomic E-state index is 0.156. The van der Waals surface area contributed by atoms with Gasteiger partial charge in [-0.15, -0.1) is 0 Å². The number of anilines is 1. The molecule has 0 saturated carbocycles. The fourth-order valence-corrected chi connectivity index (χ4v) is 5.75. The number of H-pyrrole nitrogens is 1. The number of carbonyl (C=O) groups excluding carboxylic acids is 3. The summed E-state index contributed by atoms with van der Waals surface area (Å²) in [4.78, 5) is 40.6. The maximum atomic E-state index is 14.6. The first-order valence-electron chi connectivity index (χ1n) is 13.2. The van der Waals surface area contributed by atoms with Crippen LogP contribution in [-0.2, 0) is 16.1 Å². The molecule has 2 aromatic carbocycles. The highest BCUT2D eigenvalue weighted by atomic mass is 35.5. The van der Waals surface area contributed by atoms with Crippen molar-refractivity contribution < 1.29 is 18.8 Å². The van der Waals surface area contributed by atoms with Gasteiger partial charge < -0.3 is 20.2 Å². The summed E-state index contributed by atoms with van der Waals surface area (Å²) in [6.07, 6.45) is 4.57. The third-order valence-electron chi connectivity index (χ3n) is 7.32. The van der Waals surface area contributed by atoms with Crippen LogP contribution in [0.4, 0.5) is 10.1 Å². The third-order valence-corrected chi connectivity index (χ3v) is 7.87. The summed E-state index contributed by atoms with van der Waals surface area (Å²) in [5, 5.41) is 18.7. The number of aromatic amines is 1. The van der Waals surface area contributed by atoms with E-state index >= 15 is 0 Å². The first-order valence-corrected chi connectivity index (χ1v) is 13.9. The Bertz CT molecular complexity index is 1760. The molecule has 2 amide bonds. The minimum atomic E-state index is -1.38.